The molecule has 11 heteroatoms. The van der Waals surface area contributed by atoms with Gasteiger partial charge in [-0.3, -0.25) is 4.79 Å². The number of hydrogen-bond donors (Lipinski definition) is 2. The zero-order chi connectivity index (χ0) is 32.4. The standard InChI is InChI=1S/C32H43ClN4O6/c1-29(2,3)25(38)41-19-32(10,21-14-12-15-22(33)17-21)36-26-34-23-16-11-13-20(24(23)35-26)18-37(27(39)42-30(4,5)6)28(40)43-31(7,8)9/h11-17H,18-19H2,1-10H3,(H2,34,35,36). The minimum absolute atomic E-state index is 0.00157. The Kier molecular flexibility index (Phi) is 9.75. The molecule has 1 atom stereocenters. The SMILES string of the molecule is CC(C)(C)OC(=O)N(Cc1cccc2nc(NC(C)(COC(=O)C(C)(C)C)c3cccc(Cl)c3)[nH]c12)C(=O)OC(C)(C)C. The van der Waals surface area contributed by atoms with Gasteiger partial charge in [-0.1, -0.05) is 35.9 Å². The normalized spacial score (nSPS) is 13.7. The number of nitrogens with zero attached hydrogens (tertiary/aromatic N) is 2. The molecule has 43 heavy (non-hydrogen) atoms. The monoisotopic (exact) mass is 614 g/mol. The van der Waals surface area contributed by atoms with E-state index in [1.165, 1.54) is 0 Å². The Morgan fingerprint density at radius 1 is 0.884 bits per heavy atom. The lowest BCUT2D eigenvalue weighted by atomic mass is 9.92. The second-order valence-electron chi connectivity index (χ2n) is 13.7. The summed E-state index contributed by atoms with van der Waals surface area (Å²) in [6, 6.07) is 12.6. The number of H-pyrrole nitrogens is 1. The number of para-hydroxylation sites is 1. The topological polar surface area (TPSA) is 123 Å². The van der Waals surface area contributed by atoms with Crippen molar-refractivity contribution < 1.29 is 28.6 Å². The number of aromatic amines is 1. The van der Waals surface area contributed by atoms with Gasteiger partial charge in [0.15, 0.2) is 0 Å². The minimum Gasteiger partial charge on any atom is -0.462 e. The summed E-state index contributed by atoms with van der Waals surface area (Å²) in [5, 5.41) is 3.92. The van der Waals surface area contributed by atoms with Crippen LogP contribution in [0.5, 0.6) is 0 Å². The number of carbonyl (C=O) groups excluding carboxylic acids is 3. The summed E-state index contributed by atoms with van der Waals surface area (Å²) in [5.41, 5.74) is -0.667. The highest BCUT2D eigenvalue weighted by molar-refractivity contribution is 6.30. The highest BCUT2D eigenvalue weighted by atomic mass is 35.5. The Balaban J connectivity index is 1.99. The molecule has 1 heterocycles. The van der Waals surface area contributed by atoms with Gasteiger partial charge in [0.2, 0.25) is 5.95 Å². The molecule has 0 spiro atoms. The molecule has 3 aromatic rings. The summed E-state index contributed by atoms with van der Waals surface area (Å²) in [4.78, 5) is 47.8. The Morgan fingerprint density at radius 2 is 1.47 bits per heavy atom. The van der Waals surface area contributed by atoms with Gasteiger partial charge in [-0.25, -0.2) is 19.5 Å². The van der Waals surface area contributed by atoms with E-state index >= 15 is 0 Å². The van der Waals surface area contributed by atoms with Crippen molar-refractivity contribution in [3.8, 4) is 0 Å². The van der Waals surface area contributed by atoms with Crippen molar-refractivity contribution in [1.82, 2.24) is 14.9 Å². The molecule has 2 amide bonds. The first kappa shape index (κ1) is 33.7. The molecule has 0 bridgehead atoms. The number of imidazole rings is 1. The molecule has 1 unspecified atom stereocenters. The van der Waals surface area contributed by atoms with Gasteiger partial charge in [-0.15, -0.1) is 0 Å². The van der Waals surface area contributed by atoms with Crippen molar-refractivity contribution in [2.24, 2.45) is 5.41 Å². The van der Waals surface area contributed by atoms with Crippen LogP contribution in [0.2, 0.25) is 5.02 Å². The fourth-order valence-corrected chi connectivity index (χ4v) is 4.19. The maximum absolute atomic E-state index is 13.1. The molecule has 10 nitrogen and oxygen atoms in total. The lowest BCUT2D eigenvalue weighted by Gasteiger charge is -2.32. The third-order valence-corrected chi connectivity index (χ3v) is 6.36. The first-order chi connectivity index (χ1) is 19.7. The molecule has 2 aromatic carbocycles. The van der Waals surface area contributed by atoms with E-state index in [1.54, 1.807) is 86.6 Å². The highest BCUT2D eigenvalue weighted by Crippen LogP contribution is 2.31. The average molecular weight is 615 g/mol. The van der Waals surface area contributed by atoms with Gasteiger partial charge < -0.3 is 24.5 Å². The maximum Gasteiger partial charge on any atom is 0.420 e. The fourth-order valence-electron chi connectivity index (χ4n) is 4.00. The van der Waals surface area contributed by atoms with Gasteiger partial charge >= 0.3 is 18.2 Å². The predicted octanol–water partition coefficient (Wildman–Crippen LogP) is 7.81. The van der Waals surface area contributed by atoms with Crippen LogP contribution in [-0.2, 0) is 31.1 Å². The number of ether oxygens (including phenoxy) is 3. The van der Waals surface area contributed by atoms with E-state index < -0.39 is 34.3 Å². The van der Waals surface area contributed by atoms with Crippen LogP contribution in [0.25, 0.3) is 11.0 Å². The zero-order valence-electron chi connectivity index (χ0n) is 26.7. The number of anilines is 1. The number of hydrogen-bond acceptors (Lipinski definition) is 8. The van der Waals surface area contributed by atoms with Crippen LogP contribution in [-0.4, -0.2) is 50.8 Å². The summed E-state index contributed by atoms with van der Waals surface area (Å²) in [6.45, 7) is 17.5. The van der Waals surface area contributed by atoms with Gasteiger partial charge in [0.05, 0.1) is 28.5 Å². The van der Waals surface area contributed by atoms with E-state index in [9.17, 15) is 14.4 Å². The number of carbonyl (C=O) groups is 3. The first-order valence-corrected chi connectivity index (χ1v) is 14.5. The van der Waals surface area contributed by atoms with Crippen molar-refractivity contribution in [2.45, 2.75) is 92.5 Å². The lowest BCUT2D eigenvalue weighted by Crippen LogP contribution is -2.43. The molecule has 0 aliphatic heterocycles. The molecule has 0 saturated heterocycles. The number of nitrogens with one attached hydrogen (secondary N) is 2. The van der Waals surface area contributed by atoms with Crippen molar-refractivity contribution in [1.29, 1.82) is 0 Å². The highest BCUT2D eigenvalue weighted by Gasteiger charge is 2.34. The van der Waals surface area contributed by atoms with E-state index in [0.29, 0.717) is 27.6 Å². The number of halogens is 1. The van der Waals surface area contributed by atoms with Crippen LogP contribution in [0.4, 0.5) is 15.5 Å². The zero-order valence-corrected chi connectivity index (χ0v) is 27.4. The van der Waals surface area contributed by atoms with Crippen molar-refractivity contribution >= 4 is 46.7 Å². The van der Waals surface area contributed by atoms with Crippen LogP contribution in [0.1, 0.15) is 80.4 Å². The summed E-state index contributed by atoms with van der Waals surface area (Å²) in [7, 11) is 0. The van der Waals surface area contributed by atoms with Crippen LogP contribution >= 0.6 is 11.6 Å². The number of aromatic nitrogens is 2. The van der Waals surface area contributed by atoms with Crippen molar-refractivity contribution in [3.63, 3.8) is 0 Å². The van der Waals surface area contributed by atoms with E-state index in [-0.39, 0.29) is 19.1 Å². The van der Waals surface area contributed by atoms with Crippen molar-refractivity contribution in [2.75, 3.05) is 11.9 Å². The third-order valence-electron chi connectivity index (χ3n) is 6.12. The summed E-state index contributed by atoms with van der Waals surface area (Å²) < 4.78 is 16.8. The third kappa shape index (κ3) is 9.35. The molecule has 0 aliphatic carbocycles. The lowest BCUT2D eigenvalue weighted by molar-refractivity contribution is -0.154. The molecule has 0 fully saturated rings. The molecule has 234 valence electrons. The Morgan fingerprint density at radius 3 is 2.00 bits per heavy atom. The van der Waals surface area contributed by atoms with Crippen molar-refractivity contribution in [3.05, 3.63) is 58.6 Å². The maximum atomic E-state index is 13.1. The van der Waals surface area contributed by atoms with Crippen LogP contribution in [0.3, 0.4) is 0 Å². The Bertz CT molecular complexity index is 1450. The molecule has 0 saturated carbocycles. The minimum atomic E-state index is -0.918. The summed E-state index contributed by atoms with van der Waals surface area (Å²) in [5.74, 6) is 0.0386. The van der Waals surface area contributed by atoms with Crippen LogP contribution in [0, 0.1) is 5.41 Å². The summed E-state index contributed by atoms with van der Waals surface area (Å²) >= 11 is 6.31. The number of rotatable bonds is 7. The first-order valence-electron chi connectivity index (χ1n) is 14.1. The number of benzene rings is 2. The number of fused-ring (bicyclic) bond motifs is 1. The smallest absolute Gasteiger partial charge is 0.420 e. The molecular formula is C32H43ClN4O6. The number of imide groups is 1. The molecule has 0 aliphatic rings. The molecule has 1 aromatic heterocycles. The average Bonchev–Trinajstić information content (AvgIpc) is 3.25. The number of amides is 2. The van der Waals surface area contributed by atoms with Gasteiger partial charge in [0.1, 0.15) is 17.8 Å². The van der Waals surface area contributed by atoms with E-state index in [1.807, 2.05) is 25.1 Å². The van der Waals surface area contributed by atoms with E-state index in [0.717, 1.165) is 10.5 Å². The fraction of sp³-hybridized carbons (Fsp3) is 0.500. The van der Waals surface area contributed by atoms with Crippen LogP contribution in [0.15, 0.2) is 42.5 Å². The second-order valence-corrected chi connectivity index (χ2v) is 14.2. The van der Waals surface area contributed by atoms with Gasteiger partial charge in [0.25, 0.3) is 0 Å². The summed E-state index contributed by atoms with van der Waals surface area (Å²) in [6.07, 6.45) is -1.66. The molecule has 3 rings (SSSR count). The predicted molar refractivity (Wildman–Crippen MR) is 167 cm³/mol. The molecular weight excluding hydrogens is 572 g/mol. The van der Waals surface area contributed by atoms with Crippen LogP contribution < -0.4 is 5.32 Å². The van der Waals surface area contributed by atoms with E-state index in [2.05, 4.69) is 10.3 Å². The van der Waals surface area contributed by atoms with Gasteiger partial charge in [-0.05, 0) is 98.6 Å². The Labute approximate surface area is 258 Å². The second kappa shape index (κ2) is 12.4. The van der Waals surface area contributed by atoms with Gasteiger partial charge in [0, 0.05) is 5.02 Å². The van der Waals surface area contributed by atoms with E-state index in [4.69, 9.17) is 30.8 Å². The number of esters is 1. The Hall–Kier alpha value is -3.79. The molecule has 2 N–H and O–H groups in total. The van der Waals surface area contributed by atoms with Gasteiger partial charge in [-0.2, -0.15) is 0 Å². The quantitative estimate of drug-likeness (QED) is 0.204. The molecule has 0 radical (unpaired) electrons. The largest absolute Gasteiger partial charge is 0.462 e.